The summed E-state index contributed by atoms with van der Waals surface area (Å²) in [5, 5.41) is 0.788. The van der Waals surface area contributed by atoms with Gasteiger partial charge in [0.25, 0.3) is 0 Å². The Morgan fingerprint density at radius 2 is 1.89 bits per heavy atom. The first-order chi connectivity index (χ1) is 13.3. The molecule has 6 heteroatoms. The van der Waals surface area contributed by atoms with Gasteiger partial charge in [-0.2, -0.15) is 13.2 Å². The number of nitrogens with zero attached hydrogens (tertiary/aromatic N) is 1. The van der Waals surface area contributed by atoms with Gasteiger partial charge in [0.05, 0.1) is 23.6 Å². The molecule has 1 atom stereocenters. The molecule has 2 aromatic rings. The van der Waals surface area contributed by atoms with Crippen LogP contribution in [0.1, 0.15) is 63.0 Å². The van der Waals surface area contributed by atoms with Crippen molar-refractivity contribution >= 4 is 16.9 Å². The first-order valence-corrected chi connectivity index (χ1v) is 9.97. The zero-order valence-corrected chi connectivity index (χ0v) is 16.3. The molecule has 1 aromatic carbocycles. The molecule has 0 N–H and O–H groups in total. The summed E-state index contributed by atoms with van der Waals surface area (Å²) in [4.78, 5) is 16.3. The van der Waals surface area contributed by atoms with Crippen molar-refractivity contribution in [3.8, 4) is 0 Å². The Labute approximate surface area is 163 Å². The number of hydrogen-bond donors (Lipinski definition) is 0. The zero-order chi connectivity index (χ0) is 20.3. The minimum absolute atomic E-state index is 0.0653. The molecule has 28 heavy (non-hydrogen) atoms. The smallest absolute Gasteiger partial charge is 0.416 e. The lowest BCUT2D eigenvalue weighted by Gasteiger charge is -2.33. The third-order valence-corrected chi connectivity index (χ3v) is 5.91. The molecule has 1 aliphatic rings. The van der Waals surface area contributed by atoms with E-state index in [4.69, 9.17) is 4.74 Å². The molecule has 0 aliphatic heterocycles. The van der Waals surface area contributed by atoms with E-state index in [2.05, 4.69) is 4.98 Å². The monoisotopic (exact) mass is 393 g/mol. The van der Waals surface area contributed by atoms with Crippen LogP contribution in [-0.4, -0.2) is 17.6 Å². The summed E-state index contributed by atoms with van der Waals surface area (Å²) in [7, 11) is 0. The van der Waals surface area contributed by atoms with Crippen LogP contribution in [0.3, 0.4) is 0 Å². The Morgan fingerprint density at radius 1 is 1.18 bits per heavy atom. The molecule has 1 heterocycles. The van der Waals surface area contributed by atoms with Crippen molar-refractivity contribution in [3.05, 3.63) is 41.6 Å². The fourth-order valence-electron chi connectivity index (χ4n) is 4.48. The fraction of sp³-hybridized carbons (Fsp3) is 0.545. The van der Waals surface area contributed by atoms with Crippen molar-refractivity contribution in [3.63, 3.8) is 0 Å². The highest BCUT2D eigenvalue weighted by atomic mass is 19.4. The van der Waals surface area contributed by atoms with E-state index < -0.39 is 11.7 Å². The number of rotatable bonds is 5. The number of carbonyl (C=O) groups is 1. The number of fused-ring (bicyclic) bond motifs is 1. The summed E-state index contributed by atoms with van der Waals surface area (Å²) < 4.78 is 44.2. The molecule has 3 rings (SSSR count). The van der Waals surface area contributed by atoms with E-state index in [1.165, 1.54) is 0 Å². The standard InChI is InChI=1S/C22H26F3NO2/c1-3-17(21(27)28-4-2)14-5-7-15(8-6-14)18-11-12-26-20-13-16(22(23,24)25)9-10-19(18)20/h9-15,17H,3-8H2,1-2H3/t14-,15+,17?. The second kappa shape index (κ2) is 8.50. The highest BCUT2D eigenvalue weighted by Crippen LogP contribution is 2.42. The number of alkyl halides is 3. The van der Waals surface area contributed by atoms with Crippen molar-refractivity contribution < 1.29 is 22.7 Å². The highest BCUT2D eigenvalue weighted by Gasteiger charge is 2.33. The molecule has 1 saturated carbocycles. The van der Waals surface area contributed by atoms with E-state index in [0.717, 1.165) is 55.2 Å². The molecule has 1 fully saturated rings. The lowest BCUT2D eigenvalue weighted by Crippen LogP contribution is -2.28. The van der Waals surface area contributed by atoms with Gasteiger partial charge in [0.2, 0.25) is 0 Å². The number of ether oxygens (including phenoxy) is 1. The molecule has 3 nitrogen and oxygen atoms in total. The first-order valence-electron chi connectivity index (χ1n) is 9.97. The zero-order valence-electron chi connectivity index (χ0n) is 16.3. The Morgan fingerprint density at radius 3 is 2.50 bits per heavy atom. The summed E-state index contributed by atoms with van der Waals surface area (Å²) in [6, 6.07) is 5.72. The van der Waals surface area contributed by atoms with Gasteiger partial charge in [0, 0.05) is 11.6 Å². The van der Waals surface area contributed by atoms with Crippen LogP contribution in [0.4, 0.5) is 13.2 Å². The second-order valence-electron chi connectivity index (χ2n) is 7.51. The Balaban J connectivity index is 1.77. The third kappa shape index (κ3) is 4.31. The summed E-state index contributed by atoms with van der Waals surface area (Å²) in [5.41, 5.74) is 0.766. The summed E-state index contributed by atoms with van der Waals surface area (Å²) in [6.07, 6.45) is 1.68. The van der Waals surface area contributed by atoms with Crippen LogP contribution in [0.25, 0.3) is 10.9 Å². The van der Waals surface area contributed by atoms with Crippen LogP contribution in [0.2, 0.25) is 0 Å². The van der Waals surface area contributed by atoms with E-state index in [1.54, 1.807) is 12.3 Å². The van der Waals surface area contributed by atoms with Crippen molar-refractivity contribution in [2.75, 3.05) is 6.61 Å². The van der Waals surface area contributed by atoms with E-state index in [1.807, 2.05) is 19.9 Å². The van der Waals surface area contributed by atoms with Gasteiger partial charge < -0.3 is 4.74 Å². The second-order valence-corrected chi connectivity index (χ2v) is 7.51. The number of pyridine rings is 1. The topological polar surface area (TPSA) is 39.2 Å². The fourth-order valence-corrected chi connectivity index (χ4v) is 4.48. The Bertz CT molecular complexity index is 826. The lowest BCUT2D eigenvalue weighted by molar-refractivity contribution is -0.150. The SMILES string of the molecule is CCOC(=O)C(CC)[C@H]1CC[C@@H](c2ccnc3cc(C(F)(F)F)ccc32)CC1. The molecule has 0 bridgehead atoms. The average molecular weight is 393 g/mol. The number of carbonyl (C=O) groups excluding carboxylic acids is 1. The van der Waals surface area contributed by atoms with Crippen molar-refractivity contribution in [1.82, 2.24) is 4.98 Å². The van der Waals surface area contributed by atoms with Crippen molar-refractivity contribution in [1.29, 1.82) is 0 Å². The van der Waals surface area contributed by atoms with Gasteiger partial charge in [-0.05, 0) is 74.6 Å². The van der Waals surface area contributed by atoms with Gasteiger partial charge in [0.15, 0.2) is 0 Å². The molecular formula is C22H26F3NO2. The normalized spacial score (nSPS) is 21.5. The molecule has 0 saturated heterocycles. The minimum Gasteiger partial charge on any atom is -0.466 e. The van der Waals surface area contributed by atoms with Crippen LogP contribution >= 0.6 is 0 Å². The molecule has 1 aromatic heterocycles. The predicted octanol–water partition coefficient (Wildman–Crippen LogP) is 6.12. The van der Waals surface area contributed by atoms with Crippen LogP contribution in [-0.2, 0) is 15.7 Å². The molecular weight excluding hydrogens is 367 g/mol. The summed E-state index contributed by atoms with van der Waals surface area (Å²) in [6.45, 7) is 4.23. The summed E-state index contributed by atoms with van der Waals surface area (Å²) >= 11 is 0. The lowest BCUT2D eigenvalue weighted by atomic mass is 9.72. The first kappa shape index (κ1) is 20.6. The average Bonchev–Trinajstić information content (AvgIpc) is 2.68. The molecule has 0 spiro atoms. The van der Waals surface area contributed by atoms with Crippen LogP contribution < -0.4 is 0 Å². The maximum atomic E-state index is 13.0. The van der Waals surface area contributed by atoms with E-state index in [9.17, 15) is 18.0 Å². The van der Waals surface area contributed by atoms with Gasteiger partial charge in [-0.1, -0.05) is 13.0 Å². The van der Waals surface area contributed by atoms with E-state index in [-0.39, 0.29) is 17.8 Å². The quantitative estimate of drug-likeness (QED) is 0.575. The van der Waals surface area contributed by atoms with Crippen molar-refractivity contribution in [2.24, 2.45) is 11.8 Å². The molecule has 1 aliphatic carbocycles. The van der Waals surface area contributed by atoms with Gasteiger partial charge in [-0.15, -0.1) is 0 Å². The van der Waals surface area contributed by atoms with Crippen LogP contribution in [0.15, 0.2) is 30.5 Å². The maximum Gasteiger partial charge on any atom is 0.416 e. The van der Waals surface area contributed by atoms with Gasteiger partial charge >= 0.3 is 12.1 Å². The predicted molar refractivity (Wildman–Crippen MR) is 102 cm³/mol. The summed E-state index contributed by atoms with van der Waals surface area (Å²) in [5.74, 6) is 0.412. The maximum absolute atomic E-state index is 13.0. The van der Waals surface area contributed by atoms with Gasteiger partial charge in [-0.25, -0.2) is 0 Å². The Kier molecular flexibility index (Phi) is 6.26. The largest absolute Gasteiger partial charge is 0.466 e. The number of halogens is 3. The number of aromatic nitrogens is 1. The van der Waals surface area contributed by atoms with Crippen LogP contribution in [0, 0.1) is 11.8 Å². The van der Waals surface area contributed by atoms with E-state index >= 15 is 0 Å². The number of hydrogen-bond acceptors (Lipinski definition) is 3. The van der Waals surface area contributed by atoms with Crippen molar-refractivity contribution in [2.45, 2.75) is 58.0 Å². The Hall–Kier alpha value is -2.11. The molecule has 0 radical (unpaired) electrons. The van der Waals surface area contributed by atoms with Gasteiger partial charge in [-0.3, -0.25) is 9.78 Å². The number of benzene rings is 1. The van der Waals surface area contributed by atoms with Crippen LogP contribution in [0.5, 0.6) is 0 Å². The highest BCUT2D eigenvalue weighted by molar-refractivity contribution is 5.83. The van der Waals surface area contributed by atoms with E-state index in [0.29, 0.717) is 18.0 Å². The molecule has 152 valence electrons. The molecule has 0 amide bonds. The van der Waals surface area contributed by atoms with Gasteiger partial charge in [0.1, 0.15) is 0 Å². The number of esters is 1. The molecule has 1 unspecified atom stereocenters. The minimum atomic E-state index is -4.37. The third-order valence-electron chi connectivity index (χ3n) is 5.91.